The lowest BCUT2D eigenvalue weighted by Crippen LogP contribution is -2.28. The maximum Gasteiger partial charge on any atom is 0.0714 e. The van der Waals surface area contributed by atoms with Gasteiger partial charge in [-0.05, 0) is 89.2 Å². The summed E-state index contributed by atoms with van der Waals surface area (Å²) in [6.45, 7) is 0. The highest BCUT2D eigenvalue weighted by atomic mass is 15.1. The van der Waals surface area contributed by atoms with Gasteiger partial charge in [0.15, 0.2) is 0 Å². The molecule has 8 aromatic rings. The van der Waals surface area contributed by atoms with Crippen LogP contribution in [0.2, 0.25) is 0 Å². The maximum absolute atomic E-state index is 2.47. The average molecular weight is 653 g/mol. The smallest absolute Gasteiger partial charge is 0.0714 e. The third kappa shape index (κ3) is 4.43. The second kappa shape index (κ2) is 11.9. The van der Waals surface area contributed by atoms with E-state index in [1.807, 2.05) is 0 Å². The summed E-state index contributed by atoms with van der Waals surface area (Å²) in [4.78, 5) is 2.47. The van der Waals surface area contributed by atoms with Gasteiger partial charge in [0.1, 0.15) is 0 Å². The molecule has 0 aliphatic heterocycles. The number of rotatable bonds is 6. The Labute approximate surface area is 299 Å². The fourth-order valence-electron chi connectivity index (χ4n) is 8.89. The minimum absolute atomic E-state index is 0.465. The predicted molar refractivity (Wildman–Crippen MR) is 213 cm³/mol. The van der Waals surface area contributed by atoms with E-state index in [2.05, 4.69) is 204 Å². The Morgan fingerprint density at radius 1 is 0.529 bits per heavy atom. The molecule has 0 atom stereocenters. The summed E-state index contributed by atoms with van der Waals surface area (Å²) < 4.78 is 2.47. The summed E-state index contributed by atoms with van der Waals surface area (Å²) in [5.41, 5.74) is 15.8. The van der Waals surface area contributed by atoms with E-state index >= 15 is 0 Å². The molecule has 242 valence electrons. The van der Waals surface area contributed by atoms with Crippen LogP contribution in [0.25, 0.3) is 33.8 Å². The molecule has 2 aliphatic rings. The molecule has 0 spiro atoms. The van der Waals surface area contributed by atoms with Crippen LogP contribution in [-0.2, 0) is 11.8 Å². The molecule has 2 aliphatic carbocycles. The van der Waals surface area contributed by atoms with Crippen LogP contribution >= 0.6 is 0 Å². The Morgan fingerprint density at radius 2 is 1.16 bits per heavy atom. The normalized spacial score (nSPS) is 13.8. The summed E-state index contributed by atoms with van der Waals surface area (Å²) in [7, 11) is 0. The SMILES string of the molecule is C1=Cc2c(n(-c3ccccc3)c3ccc(N(c4ccccc4)c4cccc5c4-c4ccccc4C5(c4ccccc4)c4ccccc4)cc23)CC1. The van der Waals surface area contributed by atoms with Crippen molar-refractivity contribution in [3.8, 4) is 16.8 Å². The second-order valence-electron chi connectivity index (χ2n) is 13.6. The Bertz CT molecular complexity index is 2520. The van der Waals surface area contributed by atoms with Crippen molar-refractivity contribution in [3.63, 3.8) is 0 Å². The molecule has 0 amide bonds. The molecule has 7 aromatic carbocycles. The number of anilines is 3. The lowest BCUT2D eigenvalue weighted by atomic mass is 9.68. The standard InChI is InChI=1S/C49H36N2/c1-5-18-35(19-6-1)49(36-20-7-2-8-21-36)43-28-15-13-27-41(43)48-44(49)29-17-31-47(48)50(37-22-9-3-10-23-37)39-32-33-46-42(34-39)40-26-14-16-30-45(40)51(46)38-24-11-4-12-25-38/h1-15,17-29,31-34H,16,30H2. The zero-order valence-corrected chi connectivity index (χ0v) is 28.3. The molecule has 0 N–H and O–H groups in total. The highest BCUT2D eigenvalue weighted by Crippen LogP contribution is 2.59. The summed E-state index contributed by atoms with van der Waals surface area (Å²) in [5, 5.41) is 1.28. The quantitative estimate of drug-likeness (QED) is 0.174. The molecule has 0 unspecified atom stereocenters. The fourth-order valence-corrected chi connectivity index (χ4v) is 8.89. The minimum atomic E-state index is -0.465. The number of hydrogen-bond donors (Lipinski definition) is 0. The van der Waals surface area contributed by atoms with E-state index in [0.717, 1.165) is 24.2 Å². The van der Waals surface area contributed by atoms with Crippen LogP contribution in [-0.4, -0.2) is 4.57 Å². The number of allylic oxidation sites excluding steroid dienone is 1. The zero-order valence-electron chi connectivity index (χ0n) is 28.3. The van der Waals surface area contributed by atoms with Gasteiger partial charge in [-0.2, -0.15) is 0 Å². The van der Waals surface area contributed by atoms with E-state index in [1.54, 1.807) is 0 Å². The van der Waals surface area contributed by atoms with Crippen LogP contribution < -0.4 is 4.90 Å². The Hall–Kier alpha value is -6.38. The number of nitrogens with zero attached hydrogens (tertiary/aromatic N) is 2. The Balaban J connectivity index is 1.26. The number of aromatic nitrogens is 1. The van der Waals surface area contributed by atoms with Gasteiger partial charge in [-0.15, -0.1) is 0 Å². The second-order valence-corrected chi connectivity index (χ2v) is 13.6. The van der Waals surface area contributed by atoms with Gasteiger partial charge in [0, 0.05) is 39.3 Å². The van der Waals surface area contributed by atoms with Gasteiger partial charge in [-0.3, -0.25) is 0 Å². The molecule has 0 bridgehead atoms. The molecule has 1 heterocycles. The monoisotopic (exact) mass is 652 g/mol. The molecule has 10 rings (SSSR count). The van der Waals surface area contributed by atoms with Crippen LogP contribution in [0.1, 0.15) is 39.9 Å². The molecule has 51 heavy (non-hydrogen) atoms. The number of benzene rings is 7. The zero-order chi connectivity index (χ0) is 33.8. The summed E-state index contributed by atoms with van der Waals surface area (Å²) in [5.74, 6) is 0. The highest BCUT2D eigenvalue weighted by Gasteiger charge is 2.47. The van der Waals surface area contributed by atoms with Gasteiger partial charge in [0.05, 0.1) is 16.6 Å². The molecule has 0 fully saturated rings. The van der Waals surface area contributed by atoms with Gasteiger partial charge in [-0.1, -0.05) is 146 Å². The average Bonchev–Trinajstić information content (AvgIpc) is 3.71. The van der Waals surface area contributed by atoms with Crippen molar-refractivity contribution in [3.05, 3.63) is 222 Å². The van der Waals surface area contributed by atoms with Gasteiger partial charge in [0.25, 0.3) is 0 Å². The third-order valence-electron chi connectivity index (χ3n) is 10.9. The van der Waals surface area contributed by atoms with E-state index in [1.165, 1.54) is 66.9 Å². The first kappa shape index (κ1) is 29.5. The molecule has 0 radical (unpaired) electrons. The largest absolute Gasteiger partial charge is 0.313 e. The Morgan fingerprint density at radius 3 is 1.88 bits per heavy atom. The van der Waals surface area contributed by atoms with Crippen molar-refractivity contribution in [2.24, 2.45) is 0 Å². The van der Waals surface area contributed by atoms with E-state index in [4.69, 9.17) is 0 Å². The lowest BCUT2D eigenvalue weighted by molar-refractivity contribution is 0.768. The van der Waals surface area contributed by atoms with Gasteiger partial charge >= 0.3 is 0 Å². The van der Waals surface area contributed by atoms with Crippen LogP contribution in [0.5, 0.6) is 0 Å². The van der Waals surface area contributed by atoms with Crippen LogP contribution in [0.3, 0.4) is 0 Å². The lowest BCUT2D eigenvalue weighted by Gasteiger charge is -2.34. The fraction of sp³-hybridized carbons (Fsp3) is 0.0612. The van der Waals surface area contributed by atoms with Gasteiger partial charge in [0.2, 0.25) is 0 Å². The number of para-hydroxylation sites is 2. The maximum atomic E-state index is 2.47. The van der Waals surface area contributed by atoms with Crippen molar-refractivity contribution in [2.75, 3.05) is 4.90 Å². The third-order valence-corrected chi connectivity index (χ3v) is 10.9. The first-order valence-electron chi connectivity index (χ1n) is 17.9. The topological polar surface area (TPSA) is 8.17 Å². The van der Waals surface area contributed by atoms with Crippen molar-refractivity contribution in [2.45, 2.75) is 18.3 Å². The van der Waals surface area contributed by atoms with Crippen molar-refractivity contribution < 1.29 is 0 Å². The van der Waals surface area contributed by atoms with Gasteiger partial charge in [-0.25, -0.2) is 0 Å². The van der Waals surface area contributed by atoms with E-state index in [0.29, 0.717) is 0 Å². The molecular formula is C49H36N2. The molecular weight excluding hydrogens is 617 g/mol. The predicted octanol–water partition coefficient (Wildman–Crippen LogP) is 12.4. The molecule has 1 aromatic heterocycles. The van der Waals surface area contributed by atoms with E-state index in [-0.39, 0.29) is 0 Å². The van der Waals surface area contributed by atoms with Gasteiger partial charge < -0.3 is 9.47 Å². The van der Waals surface area contributed by atoms with E-state index < -0.39 is 5.41 Å². The number of fused-ring (bicyclic) bond motifs is 6. The minimum Gasteiger partial charge on any atom is -0.313 e. The molecule has 0 saturated heterocycles. The molecule has 2 heteroatoms. The first-order valence-corrected chi connectivity index (χ1v) is 17.9. The summed E-state index contributed by atoms with van der Waals surface area (Å²) >= 11 is 0. The van der Waals surface area contributed by atoms with E-state index in [9.17, 15) is 0 Å². The van der Waals surface area contributed by atoms with Crippen LogP contribution in [0.15, 0.2) is 188 Å². The molecule has 2 nitrogen and oxygen atoms in total. The summed E-state index contributed by atoms with van der Waals surface area (Å²) in [6, 6.07) is 66.8. The highest BCUT2D eigenvalue weighted by molar-refractivity contribution is 6.00. The van der Waals surface area contributed by atoms with Crippen LogP contribution in [0.4, 0.5) is 17.1 Å². The summed E-state index contributed by atoms with van der Waals surface area (Å²) in [6.07, 6.45) is 6.74. The first-order chi connectivity index (χ1) is 25.3. The number of hydrogen-bond acceptors (Lipinski definition) is 1. The van der Waals surface area contributed by atoms with Crippen molar-refractivity contribution in [1.29, 1.82) is 0 Å². The van der Waals surface area contributed by atoms with Crippen LogP contribution in [0, 0.1) is 0 Å². The van der Waals surface area contributed by atoms with Crippen molar-refractivity contribution >= 4 is 34.0 Å². The Kier molecular flexibility index (Phi) is 6.89. The molecule has 0 saturated carbocycles. The van der Waals surface area contributed by atoms with Crippen molar-refractivity contribution in [1.82, 2.24) is 4.57 Å².